The number of aromatic nitrogens is 2. The van der Waals surface area contributed by atoms with E-state index in [-0.39, 0.29) is 5.56 Å². The van der Waals surface area contributed by atoms with Crippen LogP contribution in [0.5, 0.6) is 0 Å². The fourth-order valence-electron chi connectivity index (χ4n) is 1.20. The standard InChI is InChI=1S/C7H11N3O2/c1-4-5(7(11)12)6(8-2)10(3)9-4/h8H,1-3H3,(H,11,12). The molecule has 0 aliphatic rings. The van der Waals surface area contributed by atoms with Gasteiger partial charge in [0, 0.05) is 14.1 Å². The molecule has 0 radical (unpaired) electrons. The molecular weight excluding hydrogens is 158 g/mol. The molecule has 0 atom stereocenters. The summed E-state index contributed by atoms with van der Waals surface area (Å²) in [5.74, 6) is -0.426. The summed E-state index contributed by atoms with van der Waals surface area (Å²) in [7, 11) is 3.37. The zero-order valence-corrected chi connectivity index (χ0v) is 7.25. The molecular formula is C7H11N3O2. The first-order valence-electron chi connectivity index (χ1n) is 3.52. The Morgan fingerprint density at radius 1 is 1.67 bits per heavy atom. The van der Waals surface area contributed by atoms with Gasteiger partial charge in [-0.25, -0.2) is 4.79 Å². The number of aryl methyl sites for hydroxylation is 2. The number of hydrogen-bond acceptors (Lipinski definition) is 3. The molecule has 5 nitrogen and oxygen atoms in total. The summed E-state index contributed by atoms with van der Waals surface area (Å²) < 4.78 is 1.51. The molecule has 1 rings (SSSR count). The maximum atomic E-state index is 10.7. The smallest absolute Gasteiger partial charge is 0.341 e. The van der Waals surface area contributed by atoms with Crippen molar-refractivity contribution in [3.05, 3.63) is 11.3 Å². The minimum atomic E-state index is -0.954. The lowest BCUT2D eigenvalue weighted by molar-refractivity contribution is 0.0697. The second-order valence-corrected chi connectivity index (χ2v) is 2.49. The summed E-state index contributed by atoms with van der Waals surface area (Å²) in [5, 5.41) is 15.6. The lowest BCUT2D eigenvalue weighted by Crippen LogP contribution is -2.04. The van der Waals surface area contributed by atoms with E-state index in [1.54, 1.807) is 21.0 Å². The molecule has 0 bridgehead atoms. The van der Waals surface area contributed by atoms with E-state index in [0.717, 1.165) is 0 Å². The second kappa shape index (κ2) is 2.84. The van der Waals surface area contributed by atoms with Crippen molar-refractivity contribution in [1.82, 2.24) is 9.78 Å². The number of nitrogens with zero attached hydrogens (tertiary/aromatic N) is 2. The van der Waals surface area contributed by atoms with E-state index < -0.39 is 5.97 Å². The normalized spacial score (nSPS) is 9.92. The third-order valence-electron chi connectivity index (χ3n) is 1.67. The lowest BCUT2D eigenvalue weighted by Gasteiger charge is -2.00. The summed E-state index contributed by atoms with van der Waals surface area (Å²) in [4.78, 5) is 10.7. The Balaban J connectivity index is 3.32. The third-order valence-corrected chi connectivity index (χ3v) is 1.67. The maximum Gasteiger partial charge on any atom is 0.341 e. The Morgan fingerprint density at radius 3 is 2.58 bits per heavy atom. The Hall–Kier alpha value is -1.52. The van der Waals surface area contributed by atoms with Crippen molar-refractivity contribution in [3.8, 4) is 0 Å². The van der Waals surface area contributed by atoms with Crippen LogP contribution >= 0.6 is 0 Å². The van der Waals surface area contributed by atoms with E-state index in [9.17, 15) is 4.79 Å². The van der Waals surface area contributed by atoms with Gasteiger partial charge in [0.15, 0.2) is 0 Å². The summed E-state index contributed by atoms with van der Waals surface area (Å²) in [6.07, 6.45) is 0. The molecule has 0 saturated heterocycles. The minimum absolute atomic E-state index is 0.236. The zero-order chi connectivity index (χ0) is 9.30. The largest absolute Gasteiger partial charge is 0.477 e. The highest BCUT2D eigenvalue weighted by Gasteiger charge is 2.17. The van der Waals surface area contributed by atoms with Crippen LogP contribution in [0.4, 0.5) is 5.82 Å². The molecule has 5 heteroatoms. The highest BCUT2D eigenvalue weighted by Crippen LogP contribution is 2.17. The zero-order valence-electron chi connectivity index (χ0n) is 7.25. The van der Waals surface area contributed by atoms with Gasteiger partial charge in [0.05, 0.1) is 5.69 Å². The Morgan fingerprint density at radius 2 is 2.25 bits per heavy atom. The monoisotopic (exact) mass is 169 g/mol. The predicted octanol–water partition coefficient (Wildman–Crippen LogP) is 0.468. The quantitative estimate of drug-likeness (QED) is 0.675. The molecule has 66 valence electrons. The number of anilines is 1. The van der Waals surface area contributed by atoms with Gasteiger partial charge in [-0.15, -0.1) is 0 Å². The Kier molecular flexibility index (Phi) is 2.03. The van der Waals surface area contributed by atoms with Gasteiger partial charge in [0.1, 0.15) is 11.4 Å². The average molecular weight is 169 g/mol. The van der Waals surface area contributed by atoms with Crippen molar-refractivity contribution in [2.75, 3.05) is 12.4 Å². The summed E-state index contributed by atoms with van der Waals surface area (Å²) in [6, 6.07) is 0. The first-order chi connectivity index (χ1) is 5.57. The molecule has 2 N–H and O–H groups in total. The maximum absolute atomic E-state index is 10.7. The number of carboxylic acids is 1. The number of carbonyl (C=O) groups is 1. The van der Waals surface area contributed by atoms with Crippen LogP contribution in [0, 0.1) is 6.92 Å². The van der Waals surface area contributed by atoms with Gasteiger partial charge >= 0.3 is 5.97 Å². The fraction of sp³-hybridized carbons (Fsp3) is 0.429. The van der Waals surface area contributed by atoms with Crippen LogP contribution in [0.1, 0.15) is 16.1 Å². The van der Waals surface area contributed by atoms with Gasteiger partial charge < -0.3 is 10.4 Å². The summed E-state index contributed by atoms with van der Waals surface area (Å²) >= 11 is 0. The van der Waals surface area contributed by atoms with Crippen LogP contribution in [0.3, 0.4) is 0 Å². The van der Waals surface area contributed by atoms with Crippen molar-refractivity contribution in [1.29, 1.82) is 0 Å². The molecule has 0 spiro atoms. The molecule has 0 saturated carbocycles. The molecule has 1 aromatic rings. The van der Waals surface area contributed by atoms with Crippen LogP contribution in [0.25, 0.3) is 0 Å². The molecule has 0 unspecified atom stereocenters. The molecule has 0 aliphatic carbocycles. The van der Waals surface area contributed by atoms with Gasteiger partial charge in [-0.05, 0) is 6.92 Å². The summed E-state index contributed by atoms with van der Waals surface area (Å²) in [5.41, 5.74) is 0.759. The Bertz CT molecular complexity index is 317. The van der Waals surface area contributed by atoms with Crippen molar-refractivity contribution < 1.29 is 9.90 Å². The van der Waals surface area contributed by atoms with E-state index >= 15 is 0 Å². The predicted molar refractivity (Wildman–Crippen MR) is 44.5 cm³/mol. The van der Waals surface area contributed by atoms with E-state index in [1.165, 1.54) is 4.68 Å². The van der Waals surface area contributed by atoms with E-state index in [4.69, 9.17) is 5.11 Å². The van der Waals surface area contributed by atoms with Crippen LogP contribution in [0.2, 0.25) is 0 Å². The van der Waals surface area contributed by atoms with Crippen molar-refractivity contribution >= 4 is 11.8 Å². The van der Waals surface area contributed by atoms with Gasteiger partial charge in [0.25, 0.3) is 0 Å². The summed E-state index contributed by atoms with van der Waals surface area (Å²) in [6.45, 7) is 1.67. The molecule has 0 fully saturated rings. The molecule has 1 aromatic heterocycles. The minimum Gasteiger partial charge on any atom is -0.477 e. The molecule has 0 aliphatic heterocycles. The first kappa shape index (κ1) is 8.58. The van der Waals surface area contributed by atoms with Crippen LogP contribution in [0.15, 0.2) is 0 Å². The number of rotatable bonds is 2. The lowest BCUT2D eigenvalue weighted by atomic mass is 10.2. The van der Waals surface area contributed by atoms with Crippen LogP contribution < -0.4 is 5.32 Å². The van der Waals surface area contributed by atoms with Gasteiger partial charge in [-0.2, -0.15) is 5.10 Å². The average Bonchev–Trinajstić information content (AvgIpc) is 2.24. The van der Waals surface area contributed by atoms with Gasteiger partial charge in [-0.3, -0.25) is 4.68 Å². The highest BCUT2D eigenvalue weighted by atomic mass is 16.4. The first-order valence-corrected chi connectivity index (χ1v) is 3.52. The van der Waals surface area contributed by atoms with Gasteiger partial charge in [-0.1, -0.05) is 0 Å². The topological polar surface area (TPSA) is 67.2 Å². The van der Waals surface area contributed by atoms with E-state index in [2.05, 4.69) is 10.4 Å². The molecule has 0 aromatic carbocycles. The number of hydrogen-bond donors (Lipinski definition) is 2. The van der Waals surface area contributed by atoms with E-state index in [1.807, 2.05) is 0 Å². The number of aromatic carboxylic acids is 1. The fourth-order valence-corrected chi connectivity index (χ4v) is 1.20. The van der Waals surface area contributed by atoms with Crippen molar-refractivity contribution in [2.24, 2.45) is 7.05 Å². The number of carboxylic acid groups (broad SMARTS) is 1. The van der Waals surface area contributed by atoms with Gasteiger partial charge in [0.2, 0.25) is 0 Å². The SMILES string of the molecule is CNc1c(C(=O)O)c(C)nn1C. The van der Waals surface area contributed by atoms with Crippen LogP contribution in [-0.4, -0.2) is 27.9 Å². The highest BCUT2D eigenvalue weighted by molar-refractivity contribution is 5.94. The number of nitrogens with one attached hydrogen (secondary N) is 1. The van der Waals surface area contributed by atoms with Crippen molar-refractivity contribution in [3.63, 3.8) is 0 Å². The van der Waals surface area contributed by atoms with E-state index in [0.29, 0.717) is 11.5 Å². The Labute approximate surface area is 70.0 Å². The molecule has 12 heavy (non-hydrogen) atoms. The third kappa shape index (κ3) is 1.13. The van der Waals surface area contributed by atoms with Crippen molar-refractivity contribution in [2.45, 2.75) is 6.92 Å². The van der Waals surface area contributed by atoms with Crippen LogP contribution in [-0.2, 0) is 7.05 Å². The molecule has 0 amide bonds. The second-order valence-electron chi connectivity index (χ2n) is 2.49. The molecule has 1 heterocycles.